The average Bonchev–Trinajstić information content (AvgIpc) is 3.32. The van der Waals surface area contributed by atoms with Crippen LogP contribution in [0, 0.1) is 12.8 Å². The molecule has 6 nitrogen and oxygen atoms in total. The Balaban J connectivity index is 1.28. The summed E-state index contributed by atoms with van der Waals surface area (Å²) in [5.41, 5.74) is 3.22. The van der Waals surface area contributed by atoms with Gasteiger partial charge < -0.3 is 4.74 Å². The molecule has 2 aromatic rings. The van der Waals surface area contributed by atoms with E-state index in [0.717, 1.165) is 30.8 Å². The highest BCUT2D eigenvalue weighted by Gasteiger charge is 2.54. The molecule has 2 bridgehead atoms. The summed E-state index contributed by atoms with van der Waals surface area (Å²) in [5, 5.41) is 3.13. The quantitative estimate of drug-likeness (QED) is 0.913. The third-order valence-electron chi connectivity index (χ3n) is 5.52. The Morgan fingerprint density at radius 2 is 2.12 bits per heavy atom. The molecule has 1 aromatic heterocycles. The Hall–Kier alpha value is -2.47. The highest BCUT2D eigenvalue weighted by atomic mass is 16.5. The molecule has 1 spiro atoms. The minimum Gasteiger partial charge on any atom is -0.455 e. The SMILES string of the molecule is Cc1cccc(-c2cnc(NC3=NC[C@@]4(CN5CC[C@@H]4C5)O3)nc2)c1. The van der Waals surface area contributed by atoms with E-state index in [9.17, 15) is 0 Å². The summed E-state index contributed by atoms with van der Waals surface area (Å²) >= 11 is 0. The van der Waals surface area contributed by atoms with Crippen molar-refractivity contribution in [1.29, 1.82) is 0 Å². The van der Waals surface area contributed by atoms with Gasteiger partial charge in [0.05, 0.1) is 6.54 Å². The monoisotopic (exact) mass is 335 g/mol. The van der Waals surface area contributed by atoms with Crippen LogP contribution in [0.4, 0.5) is 5.95 Å². The predicted molar refractivity (Wildman–Crippen MR) is 96.5 cm³/mol. The normalized spacial score (nSPS) is 29.7. The molecule has 1 unspecified atom stereocenters. The third-order valence-corrected chi connectivity index (χ3v) is 5.52. The number of aromatic nitrogens is 2. The van der Waals surface area contributed by atoms with Crippen molar-refractivity contribution in [3.05, 3.63) is 42.2 Å². The number of nitrogens with zero attached hydrogens (tertiary/aromatic N) is 4. The van der Waals surface area contributed by atoms with Gasteiger partial charge in [0.15, 0.2) is 0 Å². The van der Waals surface area contributed by atoms with Gasteiger partial charge in [-0.3, -0.25) is 10.2 Å². The maximum absolute atomic E-state index is 6.20. The molecule has 25 heavy (non-hydrogen) atoms. The summed E-state index contributed by atoms with van der Waals surface area (Å²) in [4.78, 5) is 15.9. The van der Waals surface area contributed by atoms with Crippen molar-refractivity contribution in [2.75, 3.05) is 31.5 Å². The molecule has 3 aliphatic rings. The van der Waals surface area contributed by atoms with Crippen LogP contribution in [0.3, 0.4) is 0 Å². The average molecular weight is 335 g/mol. The minimum absolute atomic E-state index is 0.123. The predicted octanol–water partition coefficient (Wildman–Crippen LogP) is 2.32. The molecule has 1 N–H and O–H groups in total. The van der Waals surface area contributed by atoms with Crippen LogP contribution in [0.1, 0.15) is 12.0 Å². The number of anilines is 1. The largest absolute Gasteiger partial charge is 0.455 e. The molecular formula is C19H21N5O. The first-order valence-corrected chi connectivity index (χ1v) is 8.82. The van der Waals surface area contributed by atoms with Crippen LogP contribution in [0.15, 0.2) is 41.7 Å². The number of hydrogen-bond donors (Lipinski definition) is 1. The van der Waals surface area contributed by atoms with E-state index >= 15 is 0 Å². The van der Waals surface area contributed by atoms with Crippen LogP contribution >= 0.6 is 0 Å². The number of hydrogen-bond acceptors (Lipinski definition) is 6. The molecule has 0 radical (unpaired) electrons. The van der Waals surface area contributed by atoms with Crippen LogP contribution < -0.4 is 5.32 Å². The van der Waals surface area contributed by atoms with E-state index in [1.54, 1.807) is 0 Å². The number of amidine groups is 1. The fourth-order valence-electron chi connectivity index (χ4n) is 4.20. The summed E-state index contributed by atoms with van der Waals surface area (Å²) in [6.07, 6.45) is 4.88. The van der Waals surface area contributed by atoms with Gasteiger partial charge >= 0.3 is 0 Å². The lowest BCUT2D eigenvalue weighted by molar-refractivity contribution is 0.0363. The molecule has 2 fully saturated rings. The van der Waals surface area contributed by atoms with Crippen LogP contribution in [0.25, 0.3) is 11.1 Å². The summed E-state index contributed by atoms with van der Waals surface area (Å²) in [6.45, 7) is 6.14. The van der Waals surface area contributed by atoms with Crippen molar-refractivity contribution in [2.24, 2.45) is 10.9 Å². The molecule has 2 saturated heterocycles. The molecule has 0 amide bonds. The van der Waals surface area contributed by atoms with Crippen LogP contribution in [-0.2, 0) is 4.74 Å². The maximum Gasteiger partial charge on any atom is 0.292 e. The highest BCUT2D eigenvalue weighted by molar-refractivity contribution is 5.88. The van der Waals surface area contributed by atoms with Gasteiger partial charge in [0, 0.05) is 37.0 Å². The lowest BCUT2D eigenvalue weighted by Gasteiger charge is -2.32. The highest BCUT2D eigenvalue weighted by Crippen LogP contribution is 2.41. The molecule has 1 aromatic carbocycles. The Morgan fingerprint density at radius 1 is 1.24 bits per heavy atom. The Bertz CT molecular complexity index is 834. The van der Waals surface area contributed by atoms with Gasteiger partial charge in [-0.05, 0) is 25.5 Å². The van der Waals surface area contributed by atoms with Crippen molar-refractivity contribution in [1.82, 2.24) is 14.9 Å². The van der Waals surface area contributed by atoms with Gasteiger partial charge in [-0.25, -0.2) is 15.0 Å². The van der Waals surface area contributed by atoms with Crippen LogP contribution in [-0.4, -0.2) is 52.7 Å². The van der Waals surface area contributed by atoms with E-state index < -0.39 is 0 Å². The zero-order valence-electron chi connectivity index (χ0n) is 14.3. The number of benzene rings is 1. The maximum atomic E-state index is 6.20. The van der Waals surface area contributed by atoms with E-state index in [1.807, 2.05) is 18.5 Å². The lowest BCUT2D eigenvalue weighted by atomic mass is 9.88. The molecule has 128 valence electrons. The lowest BCUT2D eigenvalue weighted by Crippen LogP contribution is -2.46. The van der Waals surface area contributed by atoms with Crippen molar-refractivity contribution in [3.63, 3.8) is 0 Å². The summed E-state index contributed by atoms with van der Waals surface area (Å²) in [5.74, 6) is 1.12. The van der Waals surface area contributed by atoms with E-state index in [1.165, 1.54) is 18.5 Å². The number of aryl methyl sites for hydroxylation is 1. The second-order valence-electron chi connectivity index (χ2n) is 7.30. The fraction of sp³-hybridized carbons (Fsp3) is 0.421. The molecule has 0 saturated carbocycles. The van der Waals surface area contributed by atoms with Crippen molar-refractivity contribution < 1.29 is 4.74 Å². The number of piperidine rings is 1. The first kappa shape index (κ1) is 14.8. The minimum atomic E-state index is -0.123. The Kier molecular flexibility index (Phi) is 3.28. The van der Waals surface area contributed by atoms with Crippen molar-refractivity contribution in [3.8, 4) is 11.1 Å². The van der Waals surface area contributed by atoms with Gasteiger partial charge in [0.2, 0.25) is 5.95 Å². The summed E-state index contributed by atoms with van der Waals surface area (Å²) < 4.78 is 6.20. The third kappa shape index (κ3) is 2.57. The first-order valence-electron chi connectivity index (χ1n) is 8.82. The van der Waals surface area contributed by atoms with E-state index in [0.29, 0.717) is 17.9 Å². The molecule has 6 heteroatoms. The van der Waals surface area contributed by atoms with Gasteiger partial charge in [-0.15, -0.1) is 0 Å². The number of aliphatic imine (C=N–C) groups is 1. The number of fused-ring (bicyclic) bond motifs is 3. The standard InChI is InChI=1S/C19H21N5O/c1-13-3-2-4-14(7-13)15-8-20-17(21-9-15)23-18-22-11-19(25-18)12-24-6-5-16(19)10-24/h2-4,7-9,16H,5-6,10-12H2,1H3,(H,20,21,22,23)/t16-,19+/m1/s1. The van der Waals surface area contributed by atoms with Gasteiger partial charge in [0.25, 0.3) is 6.02 Å². The van der Waals surface area contributed by atoms with Crippen LogP contribution in [0.5, 0.6) is 0 Å². The second kappa shape index (κ2) is 5.52. The molecular weight excluding hydrogens is 314 g/mol. The number of rotatable bonds is 2. The smallest absolute Gasteiger partial charge is 0.292 e. The van der Waals surface area contributed by atoms with E-state index in [-0.39, 0.29) is 5.60 Å². The fourth-order valence-corrected chi connectivity index (χ4v) is 4.20. The van der Waals surface area contributed by atoms with Crippen LogP contribution in [0.2, 0.25) is 0 Å². The summed E-state index contributed by atoms with van der Waals surface area (Å²) in [6, 6.07) is 8.87. The van der Waals surface area contributed by atoms with Gasteiger partial charge in [-0.2, -0.15) is 0 Å². The van der Waals surface area contributed by atoms with E-state index in [2.05, 4.69) is 50.3 Å². The second-order valence-corrected chi connectivity index (χ2v) is 7.30. The molecule has 3 atom stereocenters. The molecule has 5 rings (SSSR count). The Morgan fingerprint density at radius 3 is 2.84 bits per heavy atom. The van der Waals surface area contributed by atoms with Gasteiger partial charge in [0.1, 0.15) is 5.60 Å². The zero-order valence-corrected chi connectivity index (χ0v) is 14.3. The zero-order chi connectivity index (χ0) is 16.9. The number of ether oxygens (including phenoxy) is 1. The van der Waals surface area contributed by atoms with Crippen molar-refractivity contribution >= 4 is 12.0 Å². The number of nitrogens with one attached hydrogen (secondary N) is 1. The molecule has 3 aliphatic heterocycles. The summed E-state index contributed by atoms with van der Waals surface area (Å²) in [7, 11) is 0. The van der Waals surface area contributed by atoms with E-state index in [4.69, 9.17) is 4.74 Å². The Labute approximate surface area is 147 Å². The molecule has 0 aliphatic carbocycles. The first-order chi connectivity index (χ1) is 12.2. The van der Waals surface area contributed by atoms with Gasteiger partial charge in [-0.1, -0.05) is 29.8 Å². The topological polar surface area (TPSA) is 62.6 Å². The molecule has 4 heterocycles. The van der Waals surface area contributed by atoms with Crippen molar-refractivity contribution in [2.45, 2.75) is 18.9 Å².